The van der Waals surface area contributed by atoms with E-state index in [1.807, 2.05) is 5.06 Å². The van der Waals surface area contributed by atoms with E-state index in [9.17, 15) is 4.79 Å². The predicted molar refractivity (Wildman–Crippen MR) is 109 cm³/mol. The van der Waals surface area contributed by atoms with Crippen molar-refractivity contribution in [1.82, 2.24) is 10.1 Å². The summed E-state index contributed by atoms with van der Waals surface area (Å²) >= 11 is 0. The molecule has 2 fully saturated rings. The molecule has 2 saturated heterocycles. The van der Waals surface area contributed by atoms with Crippen molar-refractivity contribution >= 4 is 5.97 Å². The molecule has 2 rings (SSSR count). The van der Waals surface area contributed by atoms with Crippen molar-refractivity contribution in [3.05, 3.63) is 12.2 Å². The zero-order valence-corrected chi connectivity index (χ0v) is 18.7. The summed E-state index contributed by atoms with van der Waals surface area (Å²) in [5.74, 6) is -0.334. The molecule has 5 nitrogen and oxygen atoms in total. The molecule has 0 bridgehead atoms. The Kier molecular flexibility index (Phi) is 6.50. The Balaban J connectivity index is 1.91. The Morgan fingerprint density at radius 2 is 1.19 bits per heavy atom. The summed E-state index contributed by atoms with van der Waals surface area (Å²) < 4.78 is 0. The van der Waals surface area contributed by atoms with Crippen LogP contribution >= 0.6 is 0 Å². The number of carbonyl (C=O) groups excluding carboxylic acids is 1. The van der Waals surface area contributed by atoms with Gasteiger partial charge in [0.2, 0.25) is 0 Å². The molecule has 5 heteroatoms. The van der Waals surface area contributed by atoms with E-state index in [0.717, 1.165) is 32.1 Å². The maximum atomic E-state index is 12.4. The Bertz CT molecular complexity index is 532. The first kappa shape index (κ1) is 22.4. The molecule has 0 aliphatic carbocycles. The van der Waals surface area contributed by atoms with Gasteiger partial charge in [0.1, 0.15) is 0 Å². The summed E-state index contributed by atoms with van der Waals surface area (Å²) in [6.07, 6.45) is 9.88. The molecule has 2 aliphatic heterocycles. The third-order valence-electron chi connectivity index (χ3n) is 6.09. The van der Waals surface area contributed by atoms with Gasteiger partial charge in [0.25, 0.3) is 0 Å². The van der Waals surface area contributed by atoms with Crippen molar-refractivity contribution < 1.29 is 14.5 Å². The van der Waals surface area contributed by atoms with Crippen molar-refractivity contribution in [1.29, 1.82) is 0 Å². The average Bonchev–Trinajstić information content (AvgIpc) is 2.48. The molecular formula is C22H40N2O3. The molecule has 0 amide bonds. The van der Waals surface area contributed by atoms with Gasteiger partial charge in [0, 0.05) is 17.2 Å². The minimum atomic E-state index is -0.334. The van der Waals surface area contributed by atoms with Crippen LogP contribution in [0.15, 0.2) is 12.2 Å². The van der Waals surface area contributed by atoms with Gasteiger partial charge in [-0.1, -0.05) is 0 Å². The van der Waals surface area contributed by atoms with Crippen LogP contribution in [0.1, 0.15) is 93.9 Å². The van der Waals surface area contributed by atoms with Gasteiger partial charge >= 0.3 is 5.97 Å². The Morgan fingerprint density at radius 1 is 0.778 bits per heavy atom. The maximum Gasteiger partial charge on any atom is 0.349 e. The Morgan fingerprint density at radius 3 is 1.63 bits per heavy atom. The van der Waals surface area contributed by atoms with Gasteiger partial charge in [-0.15, -0.1) is 5.06 Å². The fraction of sp³-hybridized carbons (Fsp3) is 0.864. The van der Waals surface area contributed by atoms with Crippen LogP contribution < -0.4 is 0 Å². The largest absolute Gasteiger partial charge is 0.363 e. The number of hydroxylamine groups is 4. The highest BCUT2D eigenvalue weighted by Gasteiger charge is 2.44. The van der Waals surface area contributed by atoms with Crippen molar-refractivity contribution in [3.8, 4) is 0 Å². The molecule has 2 heterocycles. The lowest BCUT2D eigenvalue weighted by Gasteiger charge is -2.51. The van der Waals surface area contributed by atoms with Crippen LogP contribution in [0, 0.1) is 0 Å². The summed E-state index contributed by atoms with van der Waals surface area (Å²) in [7, 11) is 0. The highest BCUT2D eigenvalue weighted by molar-refractivity contribution is 5.81. The van der Waals surface area contributed by atoms with Crippen LogP contribution in [0.2, 0.25) is 0 Å². The summed E-state index contributed by atoms with van der Waals surface area (Å²) in [5.41, 5.74) is -0.302. The minimum absolute atomic E-state index is 0.00204. The summed E-state index contributed by atoms with van der Waals surface area (Å²) in [6.45, 7) is 17.8. The molecule has 0 radical (unpaired) electrons. The van der Waals surface area contributed by atoms with E-state index in [1.54, 1.807) is 6.08 Å². The lowest BCUT2D eigenvalue weighted by atomic mass is 9.82. The fourth-order valence-electron chi connectivity index (χ4n) is 4.93. The van der Waals surface area contributed by atoms with Gasteiger partial charge in [0.05, 0.1) is 17.7 Å². The van der Waals surface area contributed by atoms with E-state index in [2.05, 4.69) is 60.5 Å². The Hall–Kier alpha value is -0.910. The SMILES string of the molecule is CC1(C)CCCC(C)(C)N1OC/C=C/C(=O)ON1C(C)(C)CCCC1(C)C. The lowest BCUT2D eigenvalue weighted by molar-refractivity contribution is -0.274. The summed E-state index contributed by atoms with van der Waals surface area (Å²) in [4.78, 5) is 24.2. The van der Waals surface area contributed by atoms with Gasteiger partial charge in [-0.05, 0) is 100.0 Å². The molecule has 0 aromatic rings. The molecule has 0 atom stereocenters. The monoisotopic (exact) mass is 380 g/mol. The van der Waals surface area contributed by atoms with E-state index in [0.29, 0.717) is 6.61 Å². The number of hydrogen-bond donors (Lipinski definition) is 0. The van der Waals surface area contributed by atoms with E-state index < -0.39 is 0 Å². The predicted octanol–water partition coefficient (Wildman–Crippen LogP) is 5.02. The molecule has 27 heavy (non-hydrogen) atoms. The molecule has 0 aromatic carbocycles. The van der Waals surface area contributed by atoms with E-state index in [1.165, 1.54) is 12.5 Å². The summed E-state index contributed by atoms with van der Waals surface area (Å²) in [5, 5.41) is 3.99. The third-order valence-corrected chi connectivity index (χ3v) is 6.09. The number of hydrogen-bond acceptors (Lipinski definition) is 5. The van der Waals surface area contributed by atoms with Crippen molar-refractivity contribution in [2.24, 2.45) is 0 Å². The van der Waals surface area contributed by atoms with Gasteiger partial charge in [-0.3, -0.25) is 4.84 Å². The number of nitrogens with zero attached hydrogens (tertiary/aromatic N) is 2. The van der Waals surface area contributed by atoms with Crippen LogP contribution in [-0.2, 0) is 14.5 Å². The lowest BCUT2D eigenvalue weighted by Crippen LogP contribution is -2.58. The number of rotatable bonds is 5. The molecular weight excluding hydrogens is 340 g/mol. The van der Waals surface area contributed by atoms with Crippen LogP contribution in [0.5, 0.6) is 0 Å². The smallest absolute Gasteiger partial charge is 0.349 e. The van der Waals surface area contributed by atoms with E-state index in [-0.39, 0.29) is 28.1 Å². The van der Waals surface area contributed by atoms with Crippen LogP contribution in [0.4, 0.5) is 0 Å². The van der Waals surface area contributed by atoms with Crippen LogP contribution in [0.3, 0.4) is 0 Å². The highest BCUT2D eigenvalue weighted by atomic mass is 16.7. The highest BCUT2D eigenvalue weighted by Crippen LogP contribution is 2.39. The van der Waals surface area contributed by atoms with Crippen LogP contribution in [0.25, 0.3) is 0 Å². The normalized spacial score (nSPS) is 27.6. The first-order chi connectivity index (χ1) is 12.3. The fourth-order valence-corrected chi connectivity index (χ4v) is 4.93. The minimum Gasteiger partial charge on any atom is -0.363 e. The molecule has 156 valence electrons. The molecule has 2 aliphatic rings. The first-order valence-electron chi connectivity index (χ1n) is 10.4. The molecule has 0 aromatic heterocycles. The summed E-state index contributed by atoms with van der Waals surface area (Å²) in [6, 6.07) is 0. The Labute approximate surface area is 166 Å². The topological polar surface area (TPSA) is 42.0 Å². The molecule has 0 unspecified atom stereocenters. The van der Waals surface area contributed by atoms with Gasteiger partial charge in [0.15, 0.2) is 0 Å². The molecule has 0 spiro atoms. The van der Waals surface area contributed by atoms with Crippen molar-refractivity contribution in [2.45, 2.75) is 116 Å². The standard InChI is InChI=1S/C22H40N2O3/c1-19(2)13-10-14-20(3,4)23(19)26-17-9-12-18(25)27-24-21(5,6)15-11-16-22(24,7)8/h9,12H,10-11,13-17H2,1-8H3/b12-9+. The van der Waals surface area contributed by atoms with E-state index >= 15 is 0 Å². The molecule has 0 N–H and O–H groups in total. The van der Waals surface area contributed by atoms with Gasteiger partial charge in [-0.2, -0.15) is 5.06 Å². The second kappa shape index (κ2) is 7.84. The second-order valence-corrected chi connectivity index (χ2v) is 10.7. The average molecular weight is 381 g/mol. The van der Waals surface area contributed by atoms with Crippen molar-refractivity contribution in [3.63, 3.8) is 0 Å². The molecule has 0 saturated carbocycles. The maximum absolute atomic E-state index is 12.4. The number of piperidine rings is 2. The van der Waals surface area contributed by atoms with E-state index in [4.69, 9.17) is 9.68 Å². The van der Waals surface area contributed by atoms with Gasteiger partial charge in [-0.25, -0.2) is 4.79 Å². The second-order valence-electron chi connectivity index (χ2n) is 10.7. The van der Waals surface area contributed by atoms with Crippen LogP contribution in [-0.4, -0.2) is 44.9 Å². The zero-order chi connectivity index (χ0) is 20.5. The quantitative estimate of drug-likeness (QED) is 0.627. The third kappa shape index (κ3) is 5.33. The van der Waals surface area contributed by atoms with Gasteiger partial charge < -0.3 is 4.84 Å². The zero-order valence-electron chi connectivity index (χ0n) is 18.7. The van der Waals surface area contributed by atoms with Crippen molar-refractivity contribution in [2.75, 3.05) is 6.61 Å². The number of carbonyl (C=O) groups is 1. The first-order valence-corrected chi connectivity index (χ1v) is 10.4.